The van der Waals surface area contributed by atoms with E-state index < -0.39 is 5.97 Å². The number of carboxylic acids is 1. The largest absolute Gasteiger partial charge is 0.476 e. The predicted molar refractivity (Wildman–Crippen MR) is 84.4 cm³/mol. The van der Waals surface area contributed by atoms with Crippen molar-refractivity contribution in [2.45, 2.75) is 13.3 Å². The summed E-state index contributed by atoms with van der Waals surface area (Å²) >= 11 is 0. The normalized spacial score (nSPS) is 19.0. The Bertz CT molecular complexity index is 569. The molecular formula is C15H22N4O4. The number of nitrogens with zero attached hydrogens (tertiary/aromatic N) is 4. The monoisotopic (exact) mass is 322 g/mol. The summed E-state index contributed by atoms with van der Waals surface area (Å²) in [5.41, 5.74) is 0.793. The molecule has 0 spiro atoms. The number of ether oxygens (including phenoxy) is 2. The second-order valence-corrected chi connectivity index (χ2v) is 5.53. The van der Waals surface area contributed by atoms with Crippen LogP contribution in [0.25, 0.3) is 0 Å². The van der Waals surface area contributed by atoms with Crippen molar-refractivity contribution in [3.05, 3.63) is 11.3 Å². The average molecular weight is 322 g/mol. The van der Waals surface area contributed by atoms with E-state index in [2.05, 4.69) is 9.88 Å². The Balaban J connectivity index is 2.03. The first-order chi connectivity index (χ1) is 11.2. The van der Waals surface area contributed by atoms with Crippen LogP contribution in [0.5, 0.6) is 0 Å². The Labute approximate surface area is 135 Å². The molecule has 8 nitrogen and oxygen atoms in total. The van der Waals surface area contributed by atoms with Gasteiger partial charge in [-0.1, -0.05) is 6.92 Å². The van der Waals surface area contributed by atoms with Crippen LogP contribution in [0.2, 0.25) is 0 Å². The number of hydrogen-bond donors (Lipinski definition) is 1. The molecule has 2 fully saturated rings. The van der Waals surface area contributed by atoms with E-state index in [9.17, 15) is 9.90 Å². The van der Waals surface area contributed by atoms with E-state index in [0.717, 1.165) is 5.82 Å². The molecule has 2 saturated heterocycles. The predicted octanol–water partition coefficient (Wildman–Crippen LogP) is 0.410. The number of carbonyl (C=O) groups is 1. The zero-order chi connectivity index (χ0) is 16.2. The first-order valence-electron chi connectivity index (χ1n) is 8.00. The molecule has 1 aromatic rings. The van der Waals surface area contributed by atoms with E-state index in [1.807, 2.05) is 11.8 Å². The van der Waals surface area contributed by atoms with Gasteiger partial charge in [0.25, 0.3) is 0 Å². The maximum atomic E-state index is 11.7. The van der Waals surface area contributed by atoms with Crippen molar-refractivity contribution in [3.8, 4) is 0 Å². The van der Waals surface area contributed by atoms with Crippen LogP contribution >= 0.6 is 0 Å². The summed E-state index contributed by atoms with van der Waals surface area (Å²) in [4.78, 5) is 24.8. The van der Waals surface area contributed by atoms with Crippen molar-refractivity contribution in [2.75, 3.05) is 62.4 Å². The molecule has 2 aliphatic rings. The van der Waals surface area contributed by atoms with E-state index in [1.165, 1.54) is 0 Å². The van der Waals surface area contributed by atoms with E-state index in [0.29, 0.717) is 70.5 Å². The highest BCUT2D eigenvalue weighted by Crippen LogP contribution is 2.26. The van der Waals surface area contributed by atoms with Crippen LogP contribution in [-0.4, -0.2) is 73.7 Å². The third-order valence-corrected chi connectivity index (χ3v) is 4.13. The molecule has 0 aliphatic carbocycles. The van der Waals surface area contributed by atoms with Crippen LogP contribution < -0.4 is 9.80 Å². The van der Waals surface area contributed by atoms with Crippen molar-refractivity contribution in [2.24, 2.45) is 0 Å². The Morgan fingerprint density at radius 2 is 1.61 bits per heavy atom. The third-order valence-electron chi connectivity index (χ3n) is 4.13. The van der Waals surface area contributed by atoms with Gasteiger partial charge in [-0.2, -0.15) is 4.98 Å². The molecular weight excluding hydrogens is 300 g/mol. The Morgan fingerprint density at radius 1 is 1.04 bits per heavy atom. The zero-order valence-electron chi connectivity index (χ0n) is 13.3. The number of hydrogen-bond acceptors (Lipinski definition) is 7. The minimum Gasteiger partial charge on any atom is -0.476 e. The number of anilines is 2. The van der Waals surface area contributed by atoms with Crippen molar-refractivity contribution < 1.29 is 19.4 Å². The van der Waals surface area contributed by atoms with Gasteiger partial charge in [0.1, 0.15) is 5.82 Å². The van der Waals surface area contributed by atoms with Crippen molar-refractivity contribution in [3.63, 3.8) is 0 Å². The van der Waals surface area contributed by atoms with Gasteiger partial charge in [-0.05, 0) is 6.42 Å². The number of rotatable bonds is 4. The molecule has 0 aromatic carbocycles. The van der Waals surface area contributed by atoms with Gasteiger partial charge in [-0.25, -0.2) is 9.78 Å². The highest BCUT2D eigenvalue weighted by molar-refractivity contribution is 5.89. The molecule has 3 heterocycles. The van der Waals surface area contributed by atoms with Crippen LogP contribution in [0, 0.1) is 0 Å². The van der Waals surface area contributed by atoms with Gasteiger partial charge in [0, 0.05) is 31.7 Å². The first-order valence-corrected chi connectivity index (χ1v) is 8.00. The molecule has 0 bridgehead atoms. The van der Waals surface area contributed by atoms with E-state index in [4.69, 9.17) is 14.5 Å². The average Bonchev–Trinajstić information content (AvgIpc) is 2.62. The fourth-order valence-corrected chi connectivity index (χ4v) is 2.90. The van der Waals surface area contributed by atoms with Crippen LogP contribution in [0.3, 0.4) is 0 Å². The van der Waals surface area contributed by atoms with E-state index in [1.54, 1.807) is 0 Å². The smallest absolute Gasteiger partial charge is 0.355 e. The Morgan fingerprint density at radius 3 is 2.13 bits per heavy atom. The summed E-state index contributed by atoms with van der Waals surface area (Å²) in [6.45, 7) is 7.17. The van der Waals surface area contributed by atoms with Gasteiger partial charge < -0.3 is 24.4 Å². The molecule has 0 atom stereocenters. The molecule has 23 heavy (non-hydrogen) atoms. The fourth-order valence-electron chi connectivity index (χ4n) is 2.90. The standard InChI is InChI=1S/C15H22N4O4/c1-2-11-12(14(20)21)16-15(19-5-9-23-10-6-19)17-13(11)18-3-7-22-8-4-18/h2-10H2,1H3,(H,20,21). The molecule has 126 valence electrons. The number of morpholine rings is 2. The van der Waals surface area contributed by atoms with Crippen molar-refractivity contribution >= 4 is 17.7 Å². The second kappa shape index (κ2) is 7.10. The van der Waals surface area contributed by atoms with Gasteiger partial charge in [0.2, 0.25) is 5.95 Å². The minimum atomic E-state index is -1.01. The lowest BCUT2D eigenvalue weighted by molar-refractivity contribution is 0.0689. The number of carboxylic acid groups (broad SMARTS) is 1. The highest BCUT2D eigenvalue weighted by Gasteiger charge is 2.25. The van der Waals surface area contributed by atoms with Gasteiger partial charge in [0.15, 0.2) is 5.69 Å². The summed E-state index contributed by atoms with van der Waals surface area (Å²) in [5, 5.41) is 9.57. The van der Waals surface area contributed by atoms with E-state index >= 15 is 0 Å². The summed E-state index contributed by atoms with van der Waals surface area (Å²) in [5.74, 6) is 0.197. The maximum absolute atomic E-state index is 11.7. The molecule has 1 N–H and O–H groups in total. The number of aromatic carboxylic acids is 1. The lowest BCUT2D eigenvalue weighted by atomic mass is 10.1. The fraction of sp³-hybridized carbons (Fsp3) is 0.667. The topological polar surface area (TPSA) is 88.0 Å². The molecule has 3 rings (SSSR count). The molecule has 0 amide bonds. The SMILES string of the molecule is CCc1c(C(=O)O)nc(N2CCOCC2)nc1N1CCOCC1. The molecule has 0 saturated carbocycles. The van der Waals surface area contributed by atoms with Crippen molar-refractivity contribution in [1.82, 2.24) is 9.97 Å². The van der Waals surface area contributed by atoms with Gasteiger partial charge >= 0.3 is 5.97 Å². The number of aromatic nitrogens is 2. The third kappa shape index (κ3) is 3.37. The highest BCUT2D eigenvalue weighted by atomic mass is 16.5. The summed E-state index contributed by atoms with van der Waals surface area (Å²) in [6, 6.07) is 0. The maximum Gasteiger partial charge on any atom is 0.355 e. The van der Waals surface area contributed by atoms with Gasteiger partial charge in [-0.15, -0.1) is 0 Å². The molecule has 8 heteroatoms. The van der Waals surface area contributed by atoms with Crippen LogP contribution in [0.15, 0.2) is 0 Å². The summed E-state index contributed by atoms with van der Waals surface area (Å²) < 4.78 is 10.7. The molecule has 1 aromatic heterocycles. The van der Waals surface area contributed by atoms with Crippen LogP contribution in [-0.2, 0) is 15.9 Å². The molecule has 0 unspecified atom stereocenters. The molecule has 2 aliphatic heterocycles. The molecule has 0 radical (unpaired) electrons. The van der Waals surface area contributed by atoms with Crippen molar-refractivity contribution in [1.29, 1.82) is 0 Å². The van der Waals surface area contributed by atoms with E-state index in [-0.39, 0.29) is 5.69 Å². The zero-order valence-corrected chi connectivity index (χ0v) is 13.3. The first kappa shape index (κ1) is 15.9. The summed E-state index contributed by atoms with van der Waals surface area (Å²) in [6.07, 6.45) is 0.581. The quantitative estimate of drug-likeness (QED) is 0.853. The Kier molecular flexibility index (Phi) is 4.92. The summed E-state index contributed by atoms with van der Waals surface area (Å²) in [7, 11) is 0. The van der Waals surface area contributed by atoms with Gasteiger partial charge in [0.05, 0.1) is 26.4 Å². The lowest BCUT2D eigenvalue weighted by Gasteiger charge is -2.32. The lowest BCUT2D eigenvalue weighted by Crippen LogP contribution is -2.40. The van der Waals surface area contributed by atoms with Crippen LogP contribution in [0.1, 0.15) is 23.0 Å². The second-order valence-electron chi connectivity index (χ2n) is 5.53. The van der Waals surface area contributed by atoms with Gasteiger partial charge in [-0.3, -0.25) is 0 Å². The Hall–Kier alpha value is -1.93. The van der Waals surface area contributed by atoms with Crippen LogP contribution in [0.4, 0.5) is 11.8 Å². The minimum absolute atomic E-state index is 0.102.